The molecular formula is C19H29IN4. The molecule has 1 saturated heterocycles. The number of guanidine groups is 1. The lowest BCUT2D eigenvalue weighted by Gasteiger charge is -2.33. The van der Waals surface area contributed by atoms with Crippen molar-refractivity contribution in [2.75, 3.05) is 38.1 Å². The van der Waals surface area contributed by atoms with E-state index in [9.17, 15) is 0 Å². The molecule has 0 amide bonds. The summed E-state index contributed by atoms with van der Waals surface area (Å²) >= 11 is 0. The molecule has 5 heteroatoms. The first kappa shape index (κ1) is 19.1. The molecule has 0 aromatic heterocycles. The molecule has 1 atom stereocenters. The molecule has 0 spiro atoms. The average Bonchev–Trinajstić information content (AvgIpc) is 3.10. The molecule has 0 radical (unpaired) electrons. The van der Waals surface area contributed by atoms with Gasteiger partial charge in [0.05, 0.1) is 0 Å². The second-order valence-electron chi connectivity index (χ2n) is 6.64. The van der Waals surface area contributed by atoms with Gasteiger partial charge in [-0.05, 0) is 36.5 Å². The first-order valence-electron chi connectivity index (χ1n) is 8.71. The monoisotopic (exact) mass is 440 g/mol. The lowest BCUT2D eigenvalue weighted by Crippen LogP contribution is -2.45. The zero-order valence-corrected chi connectivity index (χ0v) is 17.1. The number of piperidine rings is 1. The van der Waals surface area contributed by atoms with E-state index in [4.69, 9.17) is 0 Å². The third-order valence-corrected chi connectivity index (χ3v) is 4.71. The van der Waals surface area contributed by atoms with Crippen LogP contribution in [-0.4, -0.2) is 44.1 Å². The summed E-state index contributed by atoms with van der Waals surface area (Å²) in [6, 6.07) is 8.81. The highest BCUT2D eigenvalue weighted by Gasteiger charge is 2.19. The molecule has 1 unspecified atom stereocenters. The van der Waals surface area contributed by atoms with Crippen LogP contribution in [0.25, 0.3) is 0 Å². The highest BCUT2D eigenvalue weighted by Crippen LogP contribution is 2.19. The molecule has 0 bridgehead atoms. The molecule has 1 aromatic carbocycles. The second kappa shape index (κ2) is 9.30. The van der Waals surface area contributed by atoms with Gasteiger partial charge in [0.2, 0.25) is 0 Å². The normalized spacial score (nSPS) is 20.9. The summed E-state index contributed by atoms with van der Waals surface area (Å²) in [5.74, 6) is 1.79. The molecule has 2 heterocycles. The molecule has 1 fully saturated rings. The zero-order chi connectivity index (χ0) is 16.1. The minimum atomic E-state index is 0. The molecule has 0 aliphatic carbocycles. The number of aliphatic imine (C=N–C) groups is 1. The smallest absolute Gasteiger partial charge is 0.193 e. The minimum absolute atomic E-state index is 0. The van der Waals surface area contributed by atoms with Crippen LogP contribution in [0.3, 0.4) is 0 Å². The Hall–Kier alpha value is -1.24. The third kappa shape index (κ3) is 4.88. The van der Waals surface area contributed by atoms with Crippen molar-refractivity contribution in [3.63, 3.8) is 0 Å². The summed E-state index contributed by atoms with van der Waals surface area (Å²) in [6.07, 6.45) is 7.05. The maximum absolute atomic E-state index is 4.47. The quantitative estimate of drug-likeness (QED) is 0.338. The summed E-state index contributed by atoms with van der Waals surface area (Å²) in [4.78, 5) is 9.24. The number of hydrogen-bond donors (Lipinski definition) is 1. The summed E-state index contributed by atoms with van der Waals surface area (Å²) < 4.78 is 0. The fourth-order valence-corrected chi connectivity index (χ4v) is 3.45. The molecule has 0 saturated carbocycles. The lowest BCUT2D eigenvalue weighted by molar-refractivity contribution is 0.266. The molecular weight excluding hydrogens is 411 g/mol. The van der Waals surface area contributed by atoms with E-state index >= 15 is 0 Å². The van der Waals surface area contributed by atoms with Crippen molar-refractivity contribution in [2.24, 2.45) is 10.9 Å². The first-order chi connectivity index (χ1) is 11.3. The lowest BCUT2D eigenvalue weighted by atomic mass is 10.0. The standard InChI is InChI=1S/C19H28N4.HI/c1-16-7-6-12-23(15-16)19(20-2)21-14-17-8-5-9-18(13-17)22-10-3-4-11-22;/h3-5,8-9,13,16H,6-7,10-12,14-15H2,1-2H3,(H,20,21);1H. The van der Waals surface area contributed by atoms with Crippen LogP contribution in [0.4, 0.5) is 5.69 Å². The Kier molecular flexibility index (Phi) is 7.40. The maximum Gasteiger partial charge on any atom is 0.193 e. The number of nitrogens with zero attached hydrogens (tertiary/aromatic N) is 3. The highest BCUT2D eigenvalue weighted by atomic mass is 127. The van der Waals surface area contributed by atoms with Crippen LogP contribution in [0, 0.1) is 5.92 Å². The third-order valence-electron chi connectivity index (χ3n) is 4.71. The van der Waals surface area contributed by atoms with Crippen LogP contribution >= 0.6 is 24.0 Å². The van der Waals surface area contributed by atoms with E-state index < -0.39 is 0 Å². The van der Waals surface area contributed by atoms with Crippen molar-refractivity contribution in [3.05, 3.63) is 42.0 Å². The van der Waals surface area contributed by atoms with Gasteiger partial charge in [0.25, 0.3) is 0 Å². The van der Waals surface area contributed by atoms with Gasteiger partial charge in [-0.3, -0.25) is 4.99 Å². The van der Waals surface area contributed by atoms with Crippen LogP contribution < -0.4 is 10.2 Å². The summed E-state index contributed by atoms with van der Waals surface area (Å²) in [6.45, 7) is 7.41. The van der Waals surface area contributed by atoms with Gasteiger partial charge in [-0.2, -0.15) is 0 Å². The van der Waals surface area contributed by atoms with Crippen molar-refractivity contribution in [1.29, 1.82) is 0 Å². The van der Waals surface area contributed by atoms with Crippen LogP contribution in [-0.2, 0) is 6.54 Å². The van der Waals surface area contributed by atoms with Gasteiger partial charge in [-0.15, -0.1) is 24.0 Å². The fourth-order valence-electron chi connectivity index (χ4n) is 3.45. The Morgan fingerprint density at radius 1 is 1.29 bits per heavy atom. The van der Waals surface area contributed by atoms with E-state index in [1.807, 2.05) is 7.05 Å². The Morgan fingerprint density at radius 3 is 2.79 bits per heavy atom. The van der Waals surface area contributed by atoms with E-state index in [0.29, 0.717) is 0 Å². The van der Waals surface area contributed by atoms with Gasteiger partial charge in [-0.1, -0.05) is 31.2 Å². The van der Waals surface area contributed by atoms with E-state index in [1.54, 1.807) is 0 Å². The van der Waals surface area contributed by atoms with Crippen LogP contribution in [0.1, 0.15) is 25.3 Å². The van der Waals surface area contributed by atoms with Gasteiger partial charge in [-0.25, -0.2) is 0 Å². The predicted molar refractivity (Wildman–Crippen MR) is 113 cm³/mol. The Morgan fingerprint density at radius 2 is 2.08 bits per heavy atom. The van der Waals surface area contributed by atoms with Crippen molar-refractivity contribution in [3.8, 4) is 0 Å². The zero-order valence-electron chi connectivity index (χ0n) is 14.7. The van der Waals surface area contributed by atoms with Crippen molar-refractivity contribution in [1.82, 2.24) is 10.2 Å². The fraction of sp³-hybridized carbons (Fsp3) is 0.526. The van der Waals surface area contributed by atoms with Crippen LogP contribution in [0.15, 0.2) is 41.4 Å². The summed E-state index contributed by atoms with van der Waals surface area (Å²) in [5, 5.41) is 3.54. The van der Waals surface area contributed by atoms with E-state index in [-0.39, 0.29) is 24.0 Å². The summed E-state index contributed by atoms with van der Waals surface area (Å²) in [7, 11) is 1.88. The molecule has 2 aliphatic rings. The Balaban J connectivity index is 0.00000208. The number of halogens is 1. The van der Waals surface area contributed by atoms with Gasteiger partial charge < -0.3 is 15.1 Å². The van der Waals surface area contributed by atoms with E-state index in [0.717, 1.165) is 44.6 Å². The number of benzene rings is 1. The molecule has 4 nitrogen and oxygen atoms in total. The van der Waals surface area contributed by atoms with Crippen LogP contribution in [0.5, 0.6) is 0 Å². The molecule has 24 heavy (non-hydrogen) atoms. The maximum atomic E-state index is 4.47. The van der Waals surface area contributed by atoms with E-state index in [2.05, 4.69) is 63.5 Å². The van der Waals surface area contributed by atoms with E-state index in [1.165, 1.54) is 24.1 Å². The largest absolute Gasteiger partial charge is 0.364 e. The number of likely N-dealkylation sites (tertiary alicyclic amines) is 1. The van der Waals surface area contributed by atoms with Crippen LogP contribution in [0.2, 0.25) is 0 Å². The predicted octanol–water partition coefficient (Wildman–Crippen LogP) is 3.49. The second-order valence-corrected chi connectivity index (χ2v) is 6.64. The van der Waals surface area contributed by atoms with Crippen molar-refractivity contribution < 1.29 is 0 Å². The Labute approximate surface area is 163 Å². The molecule has 3 rings (SSSR count). The number of anilines is 1. The number of nitrogens with one attached hydrogen (secondary N) is 1. The van der Waals surface area contributed by atoms with Crippen molar-refractivity contribution in [2.45, 2.75) is 26.3 Å². The molecule has 132 valence electrons. The summed E-state index contributed by atoms with van der Waals surface area (Å²) in [5.41, 5.74) is 2.61. The van der Waals surface area contributed by atoms with Gasteiger partial charge in [0.1, 0.15) is 0 Å². The first-order valence-corrected chi connectivity index (χ1v) is 8.71. The number of rotatable bonds is 3. The molecule has 1 aromatic rings. The molecule has 2 aliphatic heterocycles. The Bertz CT molecular complexity index is 576. The molecule has 1 N–H and O–H groups in total. The average molecular weight is 440 g/mol. The number of hydrogen-bond acceptors (Lipinski definition) is 2. The van der Waals surface area contributed by atoms with Gasteiger partial charge in [0.15, 0.2) is 5.96 Å². The van der Waals surface area contributed by atoms with Crippen molar-refractivity contribution >= 4 is 35.6 Å². The van der Waals surface area contributed by atoms with Gasteiger partial charge in [0, 0.05) is 45.5 Å². The highest BCUT2D eigenvalue weighted by molar-refractivity contribution is 14.0. The van der Waals surface area contributed by atoms with Gasteiger partial charge >= 0.3 is 0 Å². The SMILES string of the molecule is CN=C(NCc1cccc(N2CC=CC2)c1)N1CCCC(C)C1.I. The topological polar surface area (TPSA) is 30.9 Å². The minimum Gasteiger partial charge on any atom is -0.364 e.